The van der Waals surface area contributed by atoms with Crippen molar-refractivity contribution in [2.24, 2.45) is 0 Å². The average molecular weight is 211 g/mol. The number of allylic oxidation sites excluding steroid dienone is 1. The van der Waals surface area contributed by atoms with E-state index in [1.54, 1.807) is 0 Å². The number of likely N-dealkylation sites (N-methyl/N-ethyl adjacent to an activating group) is 1. The highest BCUT2D eigenvalue weighted by Gasteiger charge is 2.39. The third kappa shape index (κ3) is 3.05. The van der Waals surface area contributed by atoms with Gasteiger partial charge in [0.25, 0.3) is 0 Å². The van der Waals surface area contributed by atoms with Crippen LogP contribution in [-0.4, -0.2) is 25.3 Å². The number of rotatable bonds is 5. The molecule has 0 aromatic rings. The Morgan fingerprint density at radius 2 is 2.00 bits per heavy atom. The van der Waals surface area contributed by atoms with Crippen LogP contribution in [0.5, 0.6) is 0 Å². The summed E-state index contributed by atoms with van der Waals surface area (Å²) in [5, 5.41) is 3.55. The Kier molecular flexibility index (Phi) is 4.81. The second-order valence-electron chi connectivity index (χ2n) is 4.76. The molecule has 0 heterocycles. The van der Waals surface area contributed by atoms with E-state index in [4.69, 9.17) is 4.74 Å². The predicted molar refractivity (Wildman–Crippen MR) is 65.1 cm³/mol. The summed E-state index contributed by atoms with van der Waals surface area (Å²) >= 11 is 0. The maximum absolute atomic E-state index is 5.81. The lowest BCUT2D eigenvalue weighted by molar-refractivity contribution is -0.0228. The van der Waals surface area contributed by atoms with E-state index in [0.717, 1.165) is 6.54 Å². The minimum atomic E-state index is 0.0489. The van der Waals surface area contributed by atoms with Crippen molar-refractivity contribution in [1.29, 1.82) is 0 Å². The zero-order valence-corrected chi connectivity index (χ0v) is 10.6. The van der Waals surface area contributed by atoms with E-state index >= 15 is 0 Å². The SMILES string of the molecule is CCNC(C=C(C)C)C1(OC)CCCC1. The van der Waals surface area contributed by atoms with Crippen LogP contribution in [0.15, 0.2) is 11.6 Å². The highest BCUT2D eigenvalue weighted by atomic mass is 16.5. The van der Waals surface area contributed by atoms with E-state index in [1.165, 1.54) is 31.3 Å². The van der Waals surface area contributed by atoms with Gasteiger partial charge in [0.05, 0.1) is 11.6 Å². The molecule has 1 aliphatic carbocycles. The lowest BCUT2D eigenvalue weighted by Crippen LogP contribution is -2.49. The number of hydrogen-bond acceptors (Lipinski definition) is 2. The van der Waals surface area contributed by atoms with Crippen molar-refractivity contribution in [1.82, 2.24) is 5.32 Å². The van der Waals surface area contributed by atoms with E-state index in [1.807, 2.05) is 7.11 Å². The fourth-order valence-corrected chi connectivity index (χ4v) is 2.57. The molecule has 15 heavy (non-hydrogen) atoms. The van der Waals surface area contributed by atoms with Gasteiger partial charge < -0.3 is 10.1 Å². The van der Waals surface area contributed by atoms with Gasteiger partial charge >= 0.3 is 0 Å². The van der Waals surface area contributed by atoms with Crippen LogP contribution in [0.2, 0.25) is 0 Å². The highest BCUT2D eigenvalue weighted by Crippen LogP contribution is 2.36. The van der Waals surface area contributed by atoms with E-state index < -0.39 is 0 Å². The minimum Gasteiger partial charge on any atom is -0.376 e. The Morgan fingerprint density at radius 3 is 2.40 bits per heavy atom. The highest BCUT2D eigenvalue weighted by molar-refractivity contribution is 5.11. The predicted octanol–water partition coefficient (Wildman–Crippen LogP) is 2.89. The monoisotopic (exact) mass is 211 g/mol. The van der Waals surface area contributed by atoms with Crippen molar-refractivity contribution in [3.63, 3.8) is 0 Å². The molecule has 0 spiro atoms. The molecule has 0 bridgehead atoms. The van der Waals surface area contributed by atoms with Crippen LogP contribution >= 0.6 is 0 Å². The van der Waals surface area contributed by atoms with Gasteiger partial charge in [-0.25, -0.2) is 0 Å². The number of hydrogen-bond donors (Lipinski definition) is 1. The van der Waals surface area contributed by atoms with E-state index in [0.29, 0.717) is 6.04 Å². The summed E-state index contributed by atoms with van der Waals surface area (Å²) in [4.78, 5) is 0. The summed E-state index contributed by atoms with van der Waals surface area (Å²) < 4.78 is 5.81. The molecule has 2 heteroatoms. The van der Waals surface area contributed by atoms with Gasteiger partial charge in [-0.2, -0.15) is 0 Å². The first kappa shape index (κ1) is 12.7. The Hall–Kier alpha value is -0.340. The van der Waals surface area contributed by atoms with Gasteiger partial charge in [-0.05, 0) is 33.2 Å². The van der Waals surface area contributed by atoms with Crippen LogP contribution in [0.25, 0.3) is 0 Å². The molecule has 0 aromatic carbocycles. The standard InChI is InChI=1S/C13H25NO/c1-5-14-12(10-11(2)3)13(15-4)8-6-7-9-13/h10,12,14H,5-9H2,1-4H3. The Bertz CT molecular complexity index is 213. The van der Waals surface area contributed by atoms with Gasteiger partial charge in [0.1, 0.15) is 0 Å². The molecule has 1 fully saturated rings. The summed E-state index contributed by atoms with van der Waals surface area (Å²) in [6.45, 7) is 7.47. The minimum absolute atomic E-state index is 0.0489. The summed E-state index contributed by atoms with van der Waals surface area (Å²) in [7, 11) is 1.86. The number of ether oxygens (including phenoxy) is 1. The first-order chi connectivity index (χ1) is 7.14. The maximum atomic E-state index is 5.81. The van der Waals surface area contributed by atoms with Gasteiger partial charge in [0, 0.05) is 7.11 Å². The zero-order valence-electron chi connectivity index (χ0n) is 10.6. The average Bonchev–Trinajstić information content (AvgIpc) is 2.66. The summed E-state index contributed by atoms with van der Waals surface area (Å²) in [5.74, 6) is 0. The van der Waals surface area contributed by atoms with Crippen molar-refractivity contribution in [2.45, 2.75) is 58.1 Å². The van der Waals surface area contributed by atoms with Crippen LogP contribution in [0.1, 0.15) is 46.5 Å². The summed E-state index contributed by atoms with van der Waals surface area (Å²) in [6.07, 6.45) is 7.28. The second-order valence-corrected chi connectivity index (χ2v) is 4.76. The van der Waals surface area contributed by atoms with Crippen molar-refractivity contribution < 1.29 is 4.74 Å². The molecule has 1 saturated carbocycles. The lowest BCUT2D eigenvalue weighted by atomic mass is 9.90. The van der Waals surface area contributed by atoms with Crippen molar-refractivity contribution in [3.8, 4) is 0 Å². The molecule has 0 aromatic heterocycles. The quantitative estimate of drug-likeness (QED) is 0.706. The van der Waals surface area contributed by atoms with Crippen LogP contribution in [-0.2, 0) is 4.74 Å². The molecular formula is C13H25NO. The molecule has 0 saturated heterocycles. The Labute approximate surface area is 94.1 Å². The Morgan fingerprint density at radius 1 is 1.40 bits per heavy atom. The largest absolute Gasteiger partial charge is 0.376 e. The lowest BCUT2D eigenvalue weighted by Gasteiger charge is -2.35. The maximum Gasteiger partial charge on any atom is 0.0866 e. The van der Waals surface area contributed by atoms with Crippen molar-refractivity contribution in [3.05, 3.63) is 11.6 Å². The van der Waals surface area contributed by atoms with Gasteiger partial charge in [-0.15, -0.1) is 0 Å². The third-order valence-electron chi connectivity index (χ3n) is 3.35. The smallest absolute Gasteiger partial charge is 0.0866 e. The first-order valence-electron chi connectivity index (χ1n) is 6.08. The number of nitrogens with one attached hydrogen (secondary N) is 1. The third-order valence-corrected chi connectivity index (χ3v) is 3.35. The van der Waals surface area contributed by atoms with E-state index in [-0.39, 0.29) is 5.60 Å². The van der Waals surface area contributed by atoms with Gasteiger partial charge in [-0.1, -0.05) is 31.4 Å². The van der Waals surface area contributed by atoms with E-state index in [2.05, 4.69) is 32.2 Å². The molecule has 2 nitrogen and oxygen atoms in total. The topological polar surface area (TPSA) is 21.3 Å². The molecule has 0 radical (unpaired) electrons. The summed E-state index contributed by atoms with van der Waals surface area (Å²) in [6, 6.07) is 0.375. The molecule has 1 atom stereocenters. The normalized spacial score (nSPS) is 21.3. The van der Waals surface area contributed by atoms with Gasteiger partial charge in [-0.3, -0.25) is 0 Å². The van der Waals surface area contributed by atoms with Crippen molar-refractivity contribution >= 4 is 0 Å². The second kappa shape index (κ2) is 5.66. The van der Waals surface area contributed by atoms with Gasteiger partial charge in [0.15, 0.2) is 0 Å². The molecule has 0 amide bonds. The fourth-order valence-electron chi connectivity index (χ4n) is 2.57. The van der Waals surface area contributed by atoms with E-state index in [9.17, 15) is 0 Å². The molecule has 1 unspecified atom stereocenters. The van der Waals surface area contributed by atoms with Crippen LogP contribution in [0.3, 0.4) is 0 Å². The molecule has 88 valence electrons. The molecular weight excluding hydrogens is 186 g/mol. The molecule has 1 N–H and O–H groups in total. The van der Waals surface area contributed by atoms with Crippen LogP contribution in [0.4, 0.5) is 0 Å². The first-order valence-corrected chi connectivity index (χ1v) is 6.08. The van der Waals surface area contributed by atoms with Crippen molar-refractivity contribution in [2.75, 3.05) is 13.7 Å². The zero-order chi connectivity index (χ0) is 11.3. The Balaban J connectivity index is 2.80. The summed E-state index contributed by atoms with van der Waals surface area (Å²) in [5.41, 5.74) is 1.41. The fraction of sp³-hybridized carbons (Fsp3) is 0.846. The molecule has 0 aliphatic heterocycles. The number of methoxy groups -OCH3 is 1. The van der Waals surface area contributed by atoms with Crippen LogP contribution in [0, 0.1) is 0 Å². The van der Waals surface area contributed by atoms with Gasteiger partial charge in [0.2, 0.25) is 0 Å². The van der Waals surface area contributed by atoms with Crippen LogP contribution < -0.4 is 5.32 Å². The molecule has 1 rings (SSSR count). The molecule has 1 aliphatic rings.